The lowest BCUT2D eigenvalue weighted by Gasteiger charge is -2.12. The summed E-state index contributed by atoms with van der Waals surface area (Å²) in [5.41, 5.74) is 2.27. The Hall–Kier alpha value is -2.80. The predicted octanol–water partition coefficient (Wildman–Crippen LogP) is 3.83. The lowest BCUT2D eigenvalue weighted by molar-refractivity contribution is -0.120. The zero-order valence-electron chi connectivity index (χ0n) is 15.4. The molecule has 0 fully saturated rings. The number of benzene rings is 1. The van der Waals surface area contributed by atoms with Crippen molar-refractivity contribution in [2.75, 3.05) is 0 Å². The van der Waals surface area contributed by atoms with Gasteiger partial charge >= 0.3 is 0 Å². The molecule has 0 saturated carbocycles. The minimum Gasteiger partial charge on any atom is -0.461 e. The van der Waals surface area contributed by atoms with E-state index in [9.17, 15) is 4.79 Å². The molecule has 0 bridgehead atoms. The Balaban J connectivity index is 1.66. The van der Waals surface area contributed by atoms with Gasteiger partial charge in [0.15, 0.2) is 10.9 Å². The molecule has 1 unspecified atom stereocenters. The molecule has 2 heterocycles. The van der Waals surface area contributed by atoms with Gasteiger partial charge in [0, 0.05) is 13.1 Å². The number of aryl methyl sites for hydroxylation is 1. The molecule has 0 aliphatic carbocycles. The Morgan fingerprint density at radius 3 is 2.78 bits per heavy atom. The number of thioether (sulfide) groups is 1. The Morgan fingerprint density at radius 2 is 2.11 bits per heavy atom. The summed E-state index contributed by atoms with van der Waals surface area (Å²) in [5.74, 6) is 1.20. The second-order valence-electron chi connectivity index (χ2n) is 6.15. The van der Waals surface area contributed by atoms with Crippen LogP contribution in [0.5, 0.6) is 0 Å². The quantitative estimate of drug-likeness (QED) is 0.473. The first-order chi connectivity index (χ1) is 13.1. The van der Waals surface area contributed by atoms with Crippen molar-refractivity contribution in [3.05, 3.63) is 66.4 Å². The van der Waals surface area contributed by atoms with Crippen LogP contribution in [0.4, 0.5) is 0 Å². The van der Waals surface area contributed by atoms with Crippen LogP contribution < -0.4 is 5.32 Å². The molecule has 7 heteroatoms. The molecule has 0 aliphatic rings. The molecule has 3 aromatic rings. The van der Waals surface area contributed by atoms with Crippen LogP contribution in [0.1, 0.15) is 18.1 Å². The molecule has 0 saturated heterocycles. The van der Waals surface area contributed by atoms with E-state index in [4.69, 9.17) is 4.42 Å². The van der Waals surface area contributed by atoms with Crippen molar-refractivity contribution in [1.29, 1.82) is 0 Å². The van der Waals surface area contributed by atoms with E-state index in [-0.39, 0.29) is 11.2 Å². The number of carbonyl (C=O) groups is 1. The van der Waals surface area contributed by atoms with Crippen molar-refractivity contribution in [3.8, 4) is 11.6 Å². The Kier molecular flexibility index (Phi) is 6.13. The Bertz CT molecular complexity index is 901. The van der Waals surface area contributed by atoms with E-state index in [0.29, 0.717) is 29.8 Å². The van der Waals surface area contributed by atoms with Crippen molar-refractivity contribution in [3.63, 3.8) is 0 Å². The predicted molar refractivity (Wildman–Crippen MR) is 106 cm³/mol. The average Bonchev–Trinajstić information content (AvgIpc) is 3.32. The molecule has 0 radical (unpaired) electrons. The largest absolute Gasteiger partial charge is 0.461 e. The average molecular weight is 382 g/mol. The van der Waals surface area contributed by atoms with Gasteiger partial charge in [-0.25, -0.2) is 0 Å². The fourth-order valence-corrected chi connectivity index (χ4v) is 3.39. The van der Waals surface area contributed by atoms with Crippen LogP contribution in [0.25, 0.3) is 11.6 Å². The molecule has 140 valence electrons. The second kappa shape index (κ2) is 8.73. The summed E-state index contributed by atoms with van der Waals surface area (Å²) in [6, 6.07) is 11.7. The standard InChI is InChI=1S/C20H22N4O2S/c1-4-11-24-18(17-6-5-12-26-17)22-23-20(24)27-15(3)19(25)21-13-16-9-7-14(2)8-10-16/h4-10,12,15H,1,11,13H2,2-3H3,(H,21,25). The molecule has 27 heavy (non-hydrogen) atoms. The first kappa shape index (κ1) is 19.0. The van der Waals surface area contributed by atoms with E-state index >= 15 is 0 Å². The first-order valence-corrected chi connectivity index (χ1v) is 9.54. The molecule has 2 aromatic heterocycles. The van der Waals surface area contributed by atoms with Gasteiger partial charge in [-0.3, -0.25) is 9.36 Å². The minimum absolute atomic E-state index is 0.0479. The van der Waals surface area contributed by atoms with Gasteiger partial charge in [-0.15, -0.1) is 16.8 Å². The maximum atomic E-state index is 12.5. The van der Waals surface area contributed by atoms with Crippen LogP contribution in [0.2, 0.25) is 0 Å². The summed E-state index contributed by atoms with van der Waals surface area (Å²) in [6.45, 7) is 8.71. The van der Waals surface area contributed by atoms with Crippen molar-refractivity contribution in [1.82, 2.24) is 20.1 Å². The number of allylic oxidation sites excluding steroid dienone is 1. The highest BCUT2D eigenvalue weighted by Gasteiger charge is 2.21. The molecule has 0 spiro atoms. The molecule has 1 atom stereocenters. The van der Waals surface area contributed by atoms with Gasteiger partial charge in [-0.05, 0) is 31.5 Å². The molecule has 1 amide bonds. The molecule has 1 aromatic carbocycles. The summed E-state index contributed by atoms with van der Waals surface area (Å²) >= 11 is 1.36. The van der Waals surface area contributed by atoms with E-state index in [1.807, 2.05) is 48.7 Å². The zero-order chi connectivity index (χ0) is 19.2. The number of aromatic nitrogens is 3. The summed E-state index contributed by atoms with van der Waals surface area (Å²) in [5, 5.41) is 11.7. The summed E-state index contributed by atoms with van der Waals surface area (Å²) < 4.78 is 7.31. The van der Waals surface area contributed by atoms with E-state index in [1.165, 1.54) is 17.3 Å². The molecule has 1 N–H and O–H groups in total. The van der Waals surface area contributed by atoms with E-state index < -0.39 is 0 Å². The van der Waals surface area contributed by atoms with E-state index in [0.717, 1.165) is 5.56 Å². The minimum atomic E-state index is -0.312. The van der Waals surface area contributed by atoms with Crippen molar-refractivity contribution in [2.24, 2.45) is 0 Å². The van der Waals surface area contributed by atoms with Gasteiger partial charge in [0.1, 0.15) is 0 Å². The molecule has 6 nitrogen and oxygen atoms in total. The van der Waals surface area contributed by atoms with Gasteiger partial charge in [0.05, 0.1) is 11.5 Å². The fraction of sp³-hybridized carbons (Fsp3) is 0.250. The van der Waals surface area contributed by atoms with Gasteiger partial charge in [0.25, 0.3) is 0 Å². The number of hydrogen-bond acceptors (Lipinski definition) is 5. The van der Waals surface area contributed by atoms with Crippen LogP contribution in [-0.4, -0.2) is 25.9 Å². The van der Waals surface area contributed by atoms with Crippen LogP contribution in [-0.2, 0) is 17.9 Å². The first-order valence-electron chi connectivity index (χ1n) is 8.66. The van der Waals surface area contributed by atoms with E-state index in [2.05, 4.69) is 22.1 Å². The summed E-state index contributed by atoms with van der Waals surface area (Å²) in [6.07, 6.45) is 3.36. The molecular formula is C20H22N4O2S. The van der Waals surface area contributed by atoms with Gasteiger partial charge in [-0.1, -0.05) is 47.7 Å². The molecule has 0 aliphatic heterocycles. The lowest BCUT2D eigenvalue weighted by Crippen LogP contribution is -2.30. The summed E-state index contributed by atoms with van der Waals surface area (Å²) in [4.78, 5) is 12.5. The van der Waals surface area contributed by atoms with Gasteiger partial charge < -0.3 is 9.73 Å². The Morgan fingerprint density at radius 1 is 1.33 bits per heavy atom. The van der Waals surface area contributed by atoms with Crippen molar-refractivity contribution < 1.29 is 9.21 Å². The number of furan rings is 1. The third kappa shape index (κ3) is 4.68. The number of carbonyl (C=O) groups excluding carboxylic acids is 1. The lowest BCUT2D eigenvalue weighted by atomic mass is 10.1. The highest BCUT2D eigenvalue weighted by atomic mass is 32.2. The van der Waals surface area contributed by atoms with Gasteiger partial charge in [-0.2, -0.15) is 0 Å². The van der Waals surface area contributed by atoms with E-state index in [1.54, 1.807) is 18.4 Å². The number of hydrogen-bond donors (Lipinski definition) is 1. The normalized spacial score (nSPS) is 11.9. The number of amides is 1. The van der Waals surface area contributed by atoms with Crippen LogP contribution in [0.15, 0.2) is 64.9 Å². The van der Waals surface area contributed by atoms with Crippen LogP contribution in [0.3, 0.4) is 0 Å². The Labute approximate surface area is 162 Å². The number of nitrogens with one attached hydrogen (secondary N) is 1. The SMILES string of the molecule is C=CCn1c(SC(C)C(=O)NCc2ccc(C)cc2)nnc1-c1ccco1. The molecule has 3 rings (SSSR count). The smallest absolute Gasteiger partial charge is 0.233 e. The molecular weight excluding hydrogens is 360 g/mol. The fourth-order valence-electron chi connectivity index (χ4n) is 2.51. The highest BCUT2D eigenvalue weighted by molar-refractivity contribution is 8.00. The topological polar surface area (TPSA) is 73.0 Å². The zero-order valence-corrected chi connectivity index (χ0v) is 16.2. The third-order valence-corrected chi connectivity index (χ3v) is 5.09. The van der Waals surface area contributed by atoms with Crippen LogP contribution >= 0.6 is 11.8 Å². The number of rotatable bonds is 8. The second-order valence-corrected chi connectivity index (χ2v) is 7.45. The van der Waals surface area contributed by atoms with Crippen molar-refractivity contribution >= 4 is 17.7 Å². The van der Waals surface area contributed by atoms with Crippen molar-refractivity contribution in [2.45, 2.75) is 37.3 Å². The third-order valence-electron chi connectivity index (χ3n) is 4.01. The highest BCUT2D eigenvalue weighted by Crippen LogP contribution is 2.27. The summed E-state index contributed by atoms with van der Waals surface area (Å²) in [7, 11) is 0. The maximum Gasteiger partial charge on any atom is 0.233 e. The number of nitrogens with zero attached hydrogens (tertiary/aromatic N) is 3. The monoisotopic (exact) mass is 382 g/mol. The maximum absolute atomic E-state index is 12.5. The van der Waals surface area contributed by atoms with Crippen LogP contribution in [0, 0.1) is 6.92 Å². The van der Waals surface area contributed by atoms with Gasteiger partial charge in [0.2, 0.25) is 11.7 Å².